The van der Waals surface area contributed by atoms with Crippen molar-refractivity contribution in [2.75, 3.05) is 18.9 Å². The Labute approximate surface area is 126 Å². The first kappa shape index (κ1) is 16.1. The molecule has 5 heteroatoms. The van der Waals surface area contributed by atoms with Gasteiger partial charge in [0.05, 0.1) is 6.10 Å². The number of thioether (sulfide) groups is 1. The molecule has 1 amide bonds. The minimum atomic E-state index is -0.775. The van der Waals surface area contributed by atoms with Crippen molar-refractivity contribution in [2.45, 2.75) is 64.0 Å². The fraction of sp³-hybridized carbons (Fsp3) is 0.933. The normalized spacial score (nSPS) is 40.3. The van der Waals surface area contributed by atoms with Crippen LogP contribution in [0.5, 0.6) is 0 Å². The lowest BCUT2D eigenvalue weighted by molar-refractivity contribution is -0.180. The van der Waals surface area contributed by atoms with E-state index in [1.165, 1.54) is 0 Å². The zero-order valence-electron chi connectivity index (χ0n) is 13.3. The van der Waals surface area contributed by atoms with Crippen LogP contribution in [0.1, 0.15) is 41.0 Å². The van der Waals surface area contributed by atoms with Gasteiger partial charge >= 0.3 is 0 Å². The Morgan fingerprint density at radius 2 is 2.10 bits per heavy atom. The summed E-state index contributed by atoms with van der Waals surface area (Å²) >= 11 is 1.93. The molecule has 0 spiro atoms. The highest BCUT2D eigenvalue weighted by atomic mass is 32.2. The highest BCUT2D eigenvalue weighted by Gasteiger charge is 2.64. The first-order valence-electron chi connectivity index (χ1n) is 7.59. The standard InChI is InChI=1S/C15H28N2O2S/c1-6-19-12-9-15(16,14(12,4)5)13(18)17-7-8-20-11(3)10(17)2/h10-12H,6-9,16H2,1-5H3. The van der Waals surface area contributed by atoms with E-state index in [-0.39, 0.29) is 23.5 Å². The molecule has 1 aliphatic carbocycles. The molecule has 0 bridgehead atoms. The number of rotatable bonds is 3. The lowest BCUT2D eigenvalue weighted by Gasteiger charge is -2.59. The molecule has 4 nitrogen and oxygen atoms in total. The first-order chi connectivity index (χ1) is 9.25. The summed E-state index contributed by atoms with van der Waals surface area (Å²) in [5.41, 5.74) is 5.43. The van der Waals surface area contributed by atoms with Crippen molar-refractivity contribution in [2.24, 2.45) is 11.1 Å². The molecule has 1 saturated carbocycles. The van der Waals surface area contributed by atoms with Gasteiger partial charge in [0.15, 0.2) is 0 Å². The third kappa shape index (κ3) is 2.28. The monoisotopic (exact) mass is 300 g/mol. The van der Waals surface area contributed by atoms with E-state index >= 15 is 0 Å². The van der Waals surface area contributed by atoms with Crippen LogP contribution in [0.3, 0.4) is 0 Å². The predicted octanol–water partition coefficient (Wildman–Crippen LogP) is 1.87. The summed E-state index contributed by atoms with van der Waals surface area (Å²) in [6.45, 7) is 11.9. The van der Waals surface area contributed by atoms with E-state index in [2.05, 4.69) is 27.7 Å². The molecular weight excluding hydrogens is 272 g/mol. The van der Waals surface area contributed by atoms with Gasteiger partial charge in [-0.05, 0) is 13.8 Å². The molecule has 1 aliphatic heterocycles. The molecule has 2 rings (SSSR count). The van der Waals surface area contributed by atoms with E-state index in [9.17, 15) is 4.79 Å². The van der Waals surface area contributed by atoms with Gasteiger partial charge in [-0.3, -0.25) is 4.79 Å². The average Bonchev–Trinajstić information content (AvgIpc) is 2.40. The quantitative estimate of drug-likeness (QED) is 0.864. The van der Waals surface area contributed by atoms with Crippen LogP contribution in [-0.2, 0) is 9.53 Å². The van der Waals surface area contributed by atoms with Crippen molar-refractivity contribution < 1.29 is 9.53 Å². The van der Waals surface area contributed by atoms with Crippen molar-refractivity contribution in [1.82, 2.24) is 4.90 Å². The van der Waals surface area contributed by atoms with E-state index in [1.54, 1.807) is 0 Å². The zero-order valence-corrected chi connectivity index (χ0v) is 14.1. The van der Waals surface area contributed by atoms with Crippen molar-refractivity contribution in [1.29, 1.82) is 0 Å². The molecular formula is C15H28N2O2S. The third-order valence-electron chi connectivity index (χ3n) is 5.36. The Bertz CT molecular complexity index is 388. The maximum Gasteiger partial charge on any atom is 0.243 e. The van der Waals surface area contributed by atoms with Gasteiger partial charge in [-0.25, -0.2) is 0 Å². The highest BCUT2D eigenvalue weighted by Crippen LogP contribution is 2.51. The molecule has 0 radical (unpaired) electrons. The summed E-state index contributed by atoms with van der Waals surface area (Å²) in [6, 6.07) is 0.253. The molecule has 4 atom stereocenters. The molecule has 20 heavy (non-hydrogen) atoms. The number of ether oxygens (including phenoxy) is 1. The summed E-state index contributed by atoms with van der Waals surface area (Å²) in [5, 5.41) is 0.474. The van der Waals surface area contributed by atoms with Crippen LogP contribution in [0.2, 0.25) is 0 Å². The molecule has 4 unspecified atom stereocenters. The van der Waals surface area contributed by atoms with Crippen molar-refractivity contribution in [3.05, 3.63) is 0 Å². The summed E-state index contributed by atoms with van der Waals surface area (Å²) in [7, 11) is 0. The van der Waals surface area contributed by atoms with Crippen LogP contribution >= 0.6 is 11.8 Å². The second-order valence-corrected chi connectivity index (χ2v) is 8.14. The van der Waals surface area contributed by atoms with Gasteiger partial charge in [-0.1, -0.05) is 20.8 Å². The summed E-state index contributed by atoms with van der Waals surface area (Å²) in [5.74, 6) is 1.11. The van der Waals surface area contributed by atoms with Gasteiger partial charge in [0.25, 0.3) is 0 Å². The van der Waals surface area contributed by atoms with Crippen molar-refractivity contribution in [3.63, 3.8) is 0 Å². The third-order valence-corrected chi connectivity index (χ3v) is 6.69. The largest absolute Gasteiger partial charge is 0.378 e. The topological polar surface area (TPSA) is 55.6 Å². The molecule has 116 valence electrons. The van der Waals surface area contributed by atoms with E-state index in [1.807, 2.05) is 23.6 Å². The number of amides is 1. The van der Waals surface area contributed by atoms with E-state index < -0.39 is 5.54 Å². The Balaban J connectivity index is 2.13. The van der Waals surface area contributed by atoms with Crippen molar-refractivity contribution >= 4 is 17.7 Å². The highest BCUT2D eigenvalue weighted by molar-refractivity contribution is 8.00. The minimum absolute atomic E-state index is 0.0911. The molecule has 0 aromatic rings. The van der Waals surface area contributed by atoms with E-state index in [0.29, 0.717) is 18.3 Å². The van der Waals surface area contributed by atoms with Crippen LogP contribution in [-0.4, -0.2) is 52.6 Å². The van der Waals surface area contributed by atoms with Crippen LogP contribution < -0.4 is 5.73 Å². The van der Waals surface area contributed by atoms with Gasteiger partial charge in [0, 0.05) is 42.0 Å². The SMILES string of the molecule is CCOC1CC(N)(C(=O)N2CCSC(C)C2C)C1(C)C. The first-order valence-corrected chi connectivity index (χ1v) is 8.63. The maximum absolute atomic E-state index is 13.0. The smallest absolute Gasteiger partial charge is 0.243 e. The van der Waals surface area contributed by atoms with Gasteiger partial charge in [0.1, 0.15) is 5.54 Å². The molecule has 0 aromatic heterocycles. The van der Waals surface area contributed by atoms with Crippen LogP contribution in [0, 0.1) is 5.41 Å². The molecule has 2 N–H and O–H groups in total. The number of nitrogens with two attached hydrogens (primary N) is 1. The number of hydrogen-bond donors (Lipinski definition) is 1. The lowest BCUT2D eigenvalue weighted by Crippen LogP contribution is -2.77. The van der Waals surface area contributed by atoms with Crippen LogP contribution in [0.15, 0.2) is 0 Å². The fourth-order valence-electron chi connectivity index (χ4n) is 3.27. The van der Waals surface area contributed by atoms with Gasteiger partial charge < -0.3 is 15.4 Å². The second kappa shape index (κ2) is 5.50. The lowest BCUT2D eigenvalue weighted by atomic mass is 9.54. The second-order valence-electron chi connectivity index (χ2n) is 6.66. The average molecular weight is 300 g/mol. The van der Waals surface area contributed by atoms with E-state index in [4.69, 9.17) is 10.5 Å². The minimum Gasteiger partial charge on any atom is -0.378 e. The molecule has 2 aliphatic rings. The molecule has 1 saturated heterocycles. The Kier molecular flexibility index (Phi) is 4.43. The van der Waals surface area contributed by atoms with E-state index in [0.717, 1.165) is 12.3 Å². The number of nitrogens with zero attached hydrogens (tertiary/aromatic N) is 1. The van der Waals surface area contributed by atoms with Crippen LogP contribution in [0.25, 0.3) is 0 Å². The predicted molar refractivity (Wildman–Crippen MR) is 83.8 cm³/mol. The van der Waals surface area contributed by atoms with Crippen molar-refractivity contribution in [3.8, 4) is 0 Å². The molecule has 1 heterocycles. The fourth-order valence-corrected chi connectivity index (χ4v) is 4.37. The summed E-state index contributed by atoms with van der Waals surface area (Å²) in [4.78, 5) is 15.0. The summed E-state index contributed by atoms with van der Waals surface area (Å²) < 4.78 is 5.72. The molecule has 0 aromatic carbocycles. The van der Waals surface area contributed by atoms with Gasteiger partial charge in [0.2, 0.25) is 5.91 Å². The van der Waals surface area contributed by atoms with Gasteiger partial charge in [-0.15, -0.1) is 0 Å². The molecule has 2 fully saturated rings. The summed E-state index contributed by atoms with van der Waals surface area (Å²) in [6.07, 6.45) is 0.727. The number of hydrogen-bond acceptors (Lipinski definition) is 4. The zero-order chi connectivity index (χ0) is 15.1. The number of carbonyl (C=O) groups is 1. The Morgan fingerprint density at radius 1 is 1.45 bits per heavy atom. The number of carbonyl (C=O) groups excluding carboxylic acids is 1. The van der Waals surface area contributed by atoms with Gasteiger partial charge in [-0.2, -0.15) is 11.8 Å². The maximum atomic E-state index is 13.0. The van der Waals surface area contributed by atoms with Crippen LogP contribution in [0.4, 0.5) is 0 Å². The Morgan fingerprint density at radius 3 is 2.65 bits per heavy atom. The Hall–Kier alpha value is -0.260.